The predicted molar refractivity (Wildman–Crippen MR) is 50.0 cm³/mol. The maximum Gasteiger partial charge on any atom is 0.185 e. The van der Waals surface area contributed by atoms with Crippen LogP contribution in [0.4, 0.5) is 9.52 Å². The SMILES string of the molecule is CN(c1nccs1)C1COCC1F. The summed E-state index contributed by atoms with van der Waals surface area (Å²) in [5, 5.41) is 2.73. The van der Waals surface area contributed by atoms with Gasteiger partial charge in [-0.1, -0.05) is 0 Å². The minimum absolute atomic E-state index is 0.175. The van der Waals surface area contributed by atoms with E-state index >= 15 is 0 Å². The van der Waals surface area contributed by atoms with E-state index in [1.54, 1.807) is 6.20 Å². The van der Waals surface area contributed by atoms with Crippen LogP contribution in [0.3, 0.4) is 0 Å². The molecular weight excluding hydrogens is 191 g/mol. The number of likely N-dealkylation sites (N-methyl/N-ethyl adjacent to an activating group) is 1. The second kappa shape index (κ2) is 3.59. The Bertz CT molecular complexity index is 267. The molecule has 0 aromatic carbocycles. The lowest BCUT2D eigenvalue weighted by Crippen LogP contribution is -2.38. The highest BCUT2D eigenvalue weighted by molar-refractivity contribution is 7.13. The second-order valence-electron chi connectivity index (χ2n) is 3.05. The van der Waals surface area contributed by atoms with Crippen molar-refractivity contribution in [2.45, 2.75) is 12.2 Å². The van der Waals surface area contributed by atoms with Crippen molar-refractivity contribution in [1.29, 1.82) is 0 Å². The lowest BCUT2D eigenvalue weighted by Gasteiger charge is -2.23. The van der Waals surface area contributed by atoms with Gasteiger partial charge in [0.05, 0.1) is 19.3 Å². The average molecular weight is 202 g/mol. The summed E-state index contributed by atoms with van der Waals surface area (Å²) in [4.78, 5) is 5.97. The van der Waals surface area contributed by atoms with Gasteiger partial charge in [-0.2, -0.15) is 0 Å². The monoisotopic (exact) mass is 202 g/mol. The predicted octanol–water partition coefficient (Wildman–Crippen LogP) is 1.32. The van der Waals surface area contributed by atoms with Crippen molar-refractivity contribution in [2.24, 2.45) is 0 Å². The third-order valence-corrected chi connectivity index (χ3v) is 3.06. The maximum atomic E-state index is 13.2. The standard InChI is InChI=1S/C8H11FN2OS/c1-11(8-10-2-3-13-8)7-5-12-4-6(7)9/h2-3,6-7H,4-5H2,1H3. The van der Waals surface area contributed by atoms with E-state index in [4.69, 9.17) is 4.74 Å². The minimum Gasteiger partial charge on any atom is -0.376 e. The zero-order valence-corrected chi connectivity index (χ0v) is 8.13. The summed E-state index contributed by atoms with van der Waals surface area (Å²) in [5.41, 5.74) is 0. The van der Waals surface area contributed by atoms with Crippen LogP contribution >= 0.6 is 11.3 Å². The third kappa shape index (κ3) is 1.66. The van der Waals surface area contributed by atoms with Gasteiger partial charge in [0, 0.05) is 18.6 Å². The largest absolute Gasteiger partial charge is 0.376 e. The molecule has 1 aromatic heterocycles. The van der Waals surface area contributed by atoms with E-state index in [9.17, 15) is 4.39 Å². The molecule has 1 aliphatic heterocycles. The molecule has 0 radical (unpaired) electrons. The molecule has 1 saturated heterocycles. The number of hydrogen-bond donors (Lipinski definition) is 0. The molecule has 2 unspecified atom stereocenters. The highest BCUT2D eigenvalue weighted by Gasteiger charge is 2.32. The molecule has 0 amide bonds. The molecule has 3 nitrogen and oxygen atoms in total. The van der Waals surface area contributed by atoms with Gasteiger partial charge < -0.3 is 9.64 Å². The van der Waals surface area contributed by atoms with Gasteiger partial charge >= 0.3 is 0 Å². The summed E-state index contributed by atoms with van der Waals surface area (Å²) in [5.74, 6) is 0. The molecule has 13 heavy (non-hydrogen) atoms. The van der Waals surface area contributed by atoms with Crippen LogP contribution < -0.4 is 4.90 Å². The summed E-state index contributed by atoms with van der Waals surface area (Å²) < 4.78 is 18.3. The quantitative estimate of drug-likeness (QED) is 0.723. The lowest BCUT2D eigenvalue weighted by molar-refractivity contribution is 0.173. The van der Waals surface area contributed by atoms with Crippen molar-refractivity contribution < 1.29 is 9.13 Å². The molecule has 0 spiro atoms. The first-order valence-electron chi connectivity index (χ1n) is 4.13. The Hall–Kier alpha value is -0.680. The van der Waals surface area contributed by atoms with E-state index in [1.165, 1.54) is 11.3 Å². The molecule has 1 aromatic rings. The molecule has 0 saturated carbocycles. The zero-order chi connectivity index (χ0) is 9.26. The van der Waals surface area contributed by atoms with Crippen LogP contribution in [0.1, 0.15) is 0 Å². The van der Waals surface area contributed by atoms with Gasteiger partial charge in [0.2, 0.25) is 0 Å². The summed E-state index contributed by atoms with van der Waals surface area (Å²) in [6, 6.07) is -0.175. The van der Waals surface area contributed by atoms with E-state index in [1.807, 2.05) is 17.3 Å². The fraction of sp³-hybridized carbons (Fsp3) is 0.625. The Kier molecular flexibility index (Phi) is 2.46. The van der Waals surface area contributed by atoms with Crippen molar-refractivity contribution in [3.05, 3.63) is 11.6 Å². The molecule has 72 valence electrons. The Morgan fingerprint density at radius 1 is 1.69 bits per heavy atom. The molecule has 2 rings (SSSR count). The Morgan fingerprint density at radius 2 is 2.54 bits per heavy atom. The van der Waals surface area contributed by atoms with Crippen LogP contribution in [0.5, 0.6) is 0 Å². The number of rotatable bonds is 2. The summed E-state index contributed by atoms with van der Waals surface area (Å²) in [6.07, 6.45) is 0.827. The lowest BCUT2D eigenvalue weighted by atomic mass is 10.2. The number of nitrogens with zero attached hydrogens (tertiary/aromatic N) is 2. The molecule has 2 heterocycles. The van der Waals surface area contributed by atoms with Gasteiger partial charge in [-0.3, -0.25) is 0 Å². The number of thiazole rings is 1. The summed E-state index contributed by atoms with van der Waals surface area (Å²) in [6.45, 7) is 0.664. The molecule has 0 bridgehead atoms. The van der Waals surface area contributed by atoms with Crippen molar-refractivity contribution in [2.75, 3.05) is 25.2 Å². The number of ether oxygens (including phenoxy) is 1. The first kappa shape index (κ1) is 8.90. The smallest absolute Gasteiger partial charge is 0.185 e. The maximum absolute atomic E-state index is 13.2. The summed E-state index contributed by atoms with van der Waals surface area (Å²) >= 11 is 1.51. The van der Waals surface area contributed by atoms with Gasteiger partial charge in [0.25, 0.3) is 0 Å². The van der Waals surface area contributed by atoms with Gasteiger partial charge in [-0.05, 0) is 0 Å². The average Bonchev–Trinajstić information content (AvgIpc) is 2.72. The Morgan fingerprint density at radius 3 is 3.08 bits per heavy atom. The number of halogens is 1. The van der Waals surface area contributed by atoms with Crippen LogP contribution in [0.2, 0.25) is 0 Å². The van der Waals surface area contributed by atoms with Gasteiger partial charge in [0.1, 0.15) is 6.17 Å². The number of aromatic nitrogens is 1. The molecule has 0 N–H and O–H groups in total. The highest BCUT2D eigenvalue weighted by atomic mass is 32.1. The first-order chi connectivity index (χ1) is 6.29. The minimum atomic E-state index is -0.895. The normalized spacial score (nSPS) is 27.8. The summed E-state index contributed by atoms with van der Waals surface area (Å²) in [7, 11) is 1.85. The molecule has 1 fully saturated rings. The zero-order valence-electron chi connectivity index (χ0n) is 7.31. The van der Waals surface area contributed by atoms with Crippen molar-refractivity contribution in [3.8, 4) is 0 Å². The van der Waals surface area contributed by atoms with Crippen LogP contribution in [0, 0.1) is 0 Å². The molecule has 5 heteroatoms. The van der Waals surface area contributed by atoms with Gasteiger partial charge in [-0.25, -0.2) is 9.37 Å². The van der Waals surface area contributed by atoms with E-state index in [0.717, 1.165) is 5.13 Å². The topological polar surface area (TPSA) is 25.4 Å². The van der Waals surface area contributed by atoms with Crippen molar-refractivity contribution in [1.82, 2.24) is 4.98 Å². The molecule has 2 atom stereocenters. The molecule has 0 aliphatic carbocycles. The third-order valence-electron chi connectivity index (χ3n) is 2.20. The Balaban J connectivity index is 2.08. The first-order valence-corrected chi connectivity index (χ1v) is 5.01. The number of alkyl halides is 1. The molecular formula is C8H11FN2OS. The van der Waals surface area contributed by atoms with E-state index in [0.29, 0.717) is 6.61 Å². The van der Waals surface area contributed by atoms with Crippen LogP contribution in [0.25, 0.3) is 0 Å². The number of anilines is 1. The number of hydrogen-bond acceptors (Lipinski definition) is 4. The van der Waals surface area contributed by atoms with Crippen LogP contribution in [0.15, 0.2) is 11.6 Å². The molecule has 1 aliphatic rings. The van der Waals surface area contributed by atoms with Crippen molar-refractivity contribution in [3.63, 3.8) is 0 Å². The van der Waals surface area contributed by atoms with E-state index in [-0.39, 0.29) is 12.6 Å². The highest BCUT2D eigenvalue weighted by Crippen LogP contribution is 2.23. The van der Waals surface area contributed by atoms with E-state index in [2.05, 4.69) is 4.98 Å². The fourth-order valence-electron chi connectivity index (χ4n) is 1.40. The second-order valence-corrected chi connectivity index (χ2v) is 3.92. The Labute approximate surface area is 80.1 Å². The fourth-order valence-corrected chi connectivity index (χ4v) is 2.07. The van der Waals surface area contributed by atoms with Crippen molar-refractivity contribution >= 4 is 16.5 Å². The van der Waals surface area contributed by atoms with Gasteiger partial charge in [0.15, 0.2) is 5.13 Å². The van der Waals surface area contributed by atoms with Crippen LogP contribution in [-0.2, 0) is 4.74 Å². The van der Waals surface area contributed by atoms with Crippen LogP contribution in [-0.4, -0.2) is 37.5 Å². The van der Waals surface area contributed by atoms with E-state index < -0.39 is 6.17 Å². The van der Waals surface area contributed by atoms with Gasteiger partial charge in [-0.15, -0.1) is 11.3 Å².